The predicted octanol–water partition coefficient (Wildman–Crippen LogP) is 3.11. The molecule has 2 N–H and O–H groups in total. The van der Waals surface area contributed by atoms with Crippen LogP contribution < -0.4 is 10.6 Å². The highest BCUT2D eigenvalue weighted by Gasteiger charge is 2.36. The minimum absolute atomic E-state index is 0.0262. The fourth-order valence-electron chi connectivity index (χ4n) is 2.88. The maximum absolute atomic E-state index is 13.3. The molecule has 1 aromatic carbocycles. The third kappa shape index (κ3) is 7.83. The van der Waals surface area contributed by atoms with Crippen molar-refractivity contribution in [2.75, 3.05) is 5.75 Å². The van der Waals surface area contributed by atoms with Crippen LogP contribution in [0.4, 0.5) is 4.79 Å². The van der Waals surface area contributed by atoms with Crippen LogP contribution in [0, 0.1) is 26.3 Å². The van der Waals surface area contributed by atoms with Gasteiger partial charge < -0.3 is 15.4 Å². The minimum atomic E-state index is -1.08. The topological polar surface area (TPSA) is 87.7 Å². The second-order valence-corrected chi connectivity index (χ2v) is 9.01. The summed E-state index contributed by atoms with van der Waals surface area (Å²) in [6.07, 6.45) is 4.93. The average Bonchev–Trinajstić information content (AvgIpc) is 2.63. The molecular weight excluding hydrogens is 414 g/mol. The molecule has 0 radical (unpaired) electrons. The van der Waals surface area contributed by atoms with Crippen LogP contribution in [0.15, 0.2) is 18.2 Å². The van der Waals surface area contributed by atoms with Crippen molar-refractivity contribution in [1.82, 2.24) is 15.5 Å². The molecule has 8 heteroatoms. The van der Waals surface area contributed by atoms with Crippen molar-refractivity contribution in [2.45, 2.75) is 72.2 Å². The van der Waals surface area contributed by atoms with Gasteiger partial charge in [0.2, 0.25) is 5.91 Å². The van der Waals surface area contributed by atoms with Crippen LogP contribution in [-0.2, 0) is 14.3 Å². The Morgan fingerprint density at radius 3 is 2.29 bits per heavy atom. The number of carbonyl (C=O) groups is 3. The Bertz CT molecular complexity index is 855. The Balaban J connectivity index is 3.35. The SMILES string of the molecule is C#CN(C(=O)C(CS)NC(=O)OC(C)(C)C)C(C(=O)NC(C)C)c1cc(C)ccc1C. The highest BCUT2D eigenvalue weighted by molar-refractivity contribution is 7.80. The quantitative estimate of drug-likeness (QED) is 0.340. The molecule has 0 bridgehead atoms. The predicted molar refractivity (Wildman–Crippen MR) is 125 cm³/mol. The zero-order chi connectivity index (χ0) is 23.9. The Morgan fingerprint density at radius 2 is 1.81 bits per heavy atom. The van der Waals surface area contributed by atoms with Gasteiger partial charge in [-0.15, -0.1) is 0 Å². The number of hydrogen-bond acceptors (Lipinski definition) is 5. The number of hydrogen-bond donors (Lipinski definition) is 3. The van der Waals surface area contributed by atoms with Crippen molar-refractivity contribution in [3.63, 3.8) is 0 Å². The summed E-state index contributed by atoms with van der Waals surface area (Å²) in [4.78, 5) is 39.6. The standard InChI is InChI=1S/C23H33N3O4S/c1-9-26(21(28)18(13-31)25-22(29)30-23(6,7)8)19(20(27)24-14(2)3)17-12-15(4)10-11-16(17)5/h1,10-12,14,18-19,31H,13H2,2-8H3,(H,24,27)(H,25,29). The van der Waals surface area contributed by atoms with Crippen molar-refractivity contribution in [3.05, 3.63) is 34.9 Å². The Hall–Kier alpha value is -2.66. The van der Waals surface area contributed by atoms with E-state index >= 15 is 0 Å². The minimum Gasteiger partial charge on any atom is -0.444 e. The number of carbonyl (C=O) groups excluding carboxylic acids is 3. The number of nitrogens with zero attached hydrogens (tertiary/aromatic N) is 1. The molecule has 7 nitrogen and oxygen atoms in total. The Morgan fingerprint density at radius 1 is 1.19 bits per heavy atom. The first-order valence-corrected chi connectivity index (χ1v) is 10.7. The smallest absolute Gasteiger partial charge is 0.408 e. The van der Waals surface area contributed by atoms with Gasteiger partial charge in [-0.05, 0) is 59.6 Å². The molecule has 31 heavy (non-hydrogen) atoms. The summed E-state index contributed by atoms with van der Waals surface area (Å²) in [5, 5.41) is 5.32. The van der Waals surface area contributed by atoms with E-state index in [1.54, 1.807) is 20.8 Å². The van der Waals surface area contributed by atoms with E-state index in [0.717, 1.165) is 16.0 Å². The lowest BCUT2D eigenvalue weighted by Gasteiger charge is -2.31. The van der Waals surface area contributed by atoms with Crippen LogP contribution >= 0.6 is 12.6 Å². The third-order valence-corrected chi connectivity index (χ3v) is 4.58. The fourth-order valence-corrected chi connectivity index (χ4v) is 3.13. The number of aryl methyl sites for hydroxylation is 2. The lowest BCUT2D eigenvalue weighted by Crippen LogP contribution is -2.52. The summed E-state index contributed by atoms with van der Waals surface area (Å²) in [7, 11) is 0. The highest BCUT2D eigenvalue weighted by atomic mass is 32.1. The van der Waals surface area contributed by atoms with E-state index in [4.69, 9.17) is 11.2 Å². The summed E-state index contributed by atoms with van der Waals surface area (Å²) < 4.78 is 5.23. The number of terminal acetylenes is 1. The molecule has 1 rings (SSSR count). The Kier molecular flexibility index (Phi) is 9.44. The summed E-state index contributed by atoms with van der Waals surface area (Å²) >= 11 is 4.19. The molecule has 0 heterocycles. The van der Waals surface area contributed by atoms with E-state index < -0.39 is 35.6 Å². The van der Waals surface area contributed by atoms with Gasteiger partial charge in [0, 0.05) is 17.8 Å². The maximum atomic E-state index is 13.3. The number of amides is 3. The molecule has 3 amide bonds. The molecule has 0 spiro atoms. The zero-order valence-corrected chi connectivity index (χ0v) is 20.2. The number of nitrogens with one attached hydrogen (secondary N) is 2. The number of alkyl carbamates (subject to hydrolysis) is 1. The average molecular weight is 448 g/mol. The van der Waals surface area contributed by atoms with Gasteiger partial charge in [-0.2, -0.15) is 12.6 Å². The van der Waals surface area contributed by atoms with Gasteiger partial charge in [0.25, 0.3) is 5.91 Å². The maximum Gasteiger partial charge on any atom is 0.408 e. The largest absolute Gasteiger partial charge is 0.444 e. The number of thiol groups is 1. The second-order valence-electron chi connectivity index (χ2n) is 8.64. The van der Waals surface area contributed by atoms with Gasteiger partial charge in [0.15, 0.2) is 0 Å². The summed E-state index contributed by atoms with van der Waals surface area (Å²) in [6, 6.07) is 5.65. The Labute approximate surface area is 190 Å². The van der Waals surface area contributed by atoms with Gasteiger partial charge in [0.1, 0.15) is 17.7 Å². The van der Waals surface area contributed by atoms with Crippen molar-refractivity contribution in [3.8, 4) is 12.5 Å². The number of ether oxygens (including phenoxy) is 1. The van der Waals surface area contributed by atoms with Crippen LogP contribution in [-0.4, -0.2) is 46.2 Å². The van der Waals surface area contributed by atoms with Crippen LogP contribution in [0.2, 0.25) is 0 Å². The van der Waals surface area contributed by atoms with E-state index in [-0.39, 0.29) is 11.8 Å². The lowest BCUT2D eigenvalue weighted by atomic mass is 9.96. The van der Waals surface area contributed by atoms with E-state index in [1.807, 2.05) is 45.9 Å². The molecule has 0 aromatic heterocycles. The first-order valence-electron chi connectivity index (χ1n) is 10.1. The fraction of sp³-hybridized carbons (Fsp3) is 0.522. The molecule has 0 aliphatic rings. The van der Waals surface area contributed by atoms with Gasteiger partial charge in [-0.1, -0.05) is 30.2 Å². The molecule has 2 unspecified atom stereocenters. The molecule has 0 fully saturated rings. The first-order chi connectivity index (χ1) is 14.3. The molecular formula is C23H33N3O4S. The van der Waals surface area contributed by atoms with Gasteiger partial charge in [-0.25, -0.2) is 4.79 Å². The number of benzene rings is 1. The zero-order valence-electron chi connectivity index (χ0n) is 19.3. The molecule has 2 atom stereocenters. The van der Waals surface area contributed by atoms with Crippen LogP contribution in [0.1, 0.15) is 57.4 Å². The van der Waals surface area contributed by atoms with Crippen LogP contribution in [0.5, 0.6) is 0 Å². The van der Waals surface area contributed by atoms with Gasteiger partial charge in [-0.3, -0.25) is 14.5 Å². The van der Waals surface area contributed by atoms with Crippen LogP contribution in [0.25, 0.3) is 0 Å². The van der Waals surface area contributed by atoms with Gasteiger partial charge in [0.05, 0.1) is 0 Å². The van der Waals surface area contributed by atoms with Crippen molar-refractivity contribution in [1.29, 1.82) is 0 Å². The van der Waals surface area contributed by atoms with Gasteiger partial charge >= 0.3 is 6.09 Å². The van der Waals surface area contributed by atoms with Crippen LogP contribution in [0.3, 0.4) is 0 Å². The lowest BCUT2D eigenvalue weighted by molar-refractivity contribution is -0.138. The van der Waals surface area contributed by atoms with E-state index in [9.17, 15) is 14.4 Å². The highest BCUT2D eigenvalue weighted by Crippen LogP contribution is 2.26. The van der Waals surface area contributed by atoms with E-state index in [0.29, 0.717) is 5.56 Å². The summed E-state index contributed by atoms with van der Waals surface area (Å²) in [5.41, 5.74) is 1.60. The normalized spacial score (nSPS) is 13.0. The molecule has 0 aliphatic heterocycles. The molecule has 1 aromatic rings. The van der Waals surface area contributed by atoms with E-state index in [1.165, 1.54) is 0 Å². The second kappa shape index (κ2) is 11.1. The summed E-state index contributed by atoms with van der Waals surface area (Å²) in [5.74, 6) is -1.07. The first kappa shape index (κ1) is 26.4. The molecule has 0 aliphatic carbocycles. The van der Waals surface area contributed by atoms with Crippen molar-refractivity contribution in [2.24, 2.45) is 0 Å². The molecule has 170 valence electrons. The van der Waals surface area contributed by atoms with Crippen molar-refractivity contribution >= 4 is 30.5 Å². The monoisotopic (exact) mass is 447 g/mol. The van der Waals surface area contributed by atoms with E-state index in [2.05, 4.69) is 29.3 Å². The number of rotatable bonds is 7. The third-order valence-electron chi connectivity index (χ3n) is 4.21. The molecule has 0 saturated carbocycles. The molecule has 0 saturated heterocycles. The van der Waals surface area contributed by atoms with Crippen molar-refractivity contribution < 1.29 is 19.1 Å². The summed E-state index contributed by atoms with van der Waals surface area (Å²) in [6.45, 7) is 12.5.